The van der Waals surface area contributed by atoms with Crippen molar-refractivity contribution in [1.29, 1.82) is 0 Å². The van der Waals surface area contributed by atoms with Gasteiger partial charge in [0.05, 0.1) is 12.7 Å². The van der Waals surface area contributed by atoms with E-state index in [9.17, 15) is 5.11 Å². The number of hydrogen-bond donors (Lipinski definition) is 4. The summed E-state index contributed by atoms with van der Waals surface area (Å²) in [6.07, 6.45) is 16.7. The highest BCUT2D eigenvalue weighted by atomic mass is 16.5. The molecule has 0 aliphatic carbocycles. The summed E-state index contributed by atoms with van der Waals surface area (Å²) in [4.78, 5) is 0. The fourth-order valence-corrected chi connectivity index (χ4v) is 3.63. The van der Waals surface area contributed by atoms with Crippen molar-refractivity contribution in [3.8, 4) is 0 Å². The Morgan fingerprint density at radius 1 is 0.750 bits per heavy atom. The van der Waals surface area contributed by atoms with Crippen LogP contribution in [0.2, 0.25) is 0 Å². The number of ether oxygens (including phenoxy) is 1. The lowest BCUT2D eigenvalue weighted by atomic mass is 9.97. The molecule has 0 saturated carbocycles. The van der Waals surface area contributed by atoms with Crippen LogP contribution in [0.5, 0.6) is 0 Å². The van der Waals surface area contributed by atoms with Crippen molar-refractivity contribution in [3.63, 3.8) is 0 Å². The van der Waals surface area contributed by atoms with Crippen LogP contribution in [0.4, 0.5) is 0 Å². The molecule has 0 heterocycles. The summed E-state index contributed by atoms with van der Waals surface area (Å²) in [6.45, 7) is 5.61. The van der Waals surface area contributed by atoms with Crippen molar-refractivity contribution in [2.75, 3.05) is 40.0 Å². The number of hydrogen-bond acceptors (Lipinski definition) is 5. The van der Waals surface area contributed by atoms with Crippen LogP contribution >= 0.6 is 0 Å². The van der Waals surface area contributed by atoms with Gasteiger partial charge in [-0.15, -0.1) is 0 Å². The third-order valence-corrected chi connectivity index (χ3v) is 5.43. The van der Waals surface area contributed by atoms with Gasteiger partial charge in [-0.2, -0.15) is 0 Å². The molecule has 0 radical (unpaired) electrons. The molecule has 170 valence electrons. The van der Waals surface area contributed by atoms with Crippen LogP contribution in [0.15, 0.2) is 0 Å². The molecule has 0 aliphatic rings. The predicted octanol–water partition coefficient (Wildman–Crippen LogP) is 4.02. The van der Waals surface area contributed by atoms with Gasteiger partial charge in [-0.25, -0.2) is 0 Å². The van der Waals surface area contributed by atoms with Crippen LogP contribution in [0, 0.1) is 0 Å². The number of nitrogens with one attached hydrogen (secondary N) is 2. The number of methoxy groups -OCH3 is 1. The monoisotopic (exact) mass is 402 g/mol. The Kier molecular flexibility index (Phi) is 22.9. The molecule has 4 N–H and O–H groups in total. The van der Waals surface area contributed by atoms with Crippen LogP contribution in [0.1, 0.15) is 96.8 Å². The summed E-state index contributed by atoms with van der Waals surface area (Å²) in [5.41, 5.74) is 0. The zero-order valence-electron chi connectivity index (χ0n) is 18.9. The topological polar surface area (TPSA) is 73.8 Å². The van der Waals surface area contributed by atoms with Crippen molar-refractivity contribution in [1.82, 2.24) is 10.6 Å². The quantitative estimate of drug-likeness (QED) is 0.194. The Morgan fingerprint density at radius 2 is 1.36 bits per heavy atom. The van der Waals surface area contributed by atoms with Gasteiger partial charge in [0.1, 0.15) is 0 Å². The van der Waals surface area contributed by atoms with Gasteiger partial charge >= 0.3 is 0 Å². The molecule has 0 aromatic carbocycles. The second kappa shape index (κ2) is 23.1. The molecule has 0 spiro atoms. The summed E-state index contributed by atoms with van der Waals surface area (Å²) in [7, 11) is 1.77. The maximum atomic E-state index is 10.7. The molecular weight excluding hydrogens is 352 g/mol. The van der Waals surface area contributed by atoms with Crippen LogP contribution < -0.4 is 10.6 Å². The average molecular weight is 403 g/mol. The molecule has 0 rings (SSSR count). The second-order valence-corrected chi connectivity index (χ2v) is 8.06. The summed E-state index contributed by atoms with van der Waals surface area (Å²) < 4.78 is 5.09. The van der Waals surface area contributed by atoms with Gasteiger partial charge < -0.3 is 25.6 Å². The molecule has 5 nitrogen and oxygen atoms in total. The molecule has 0 aromatic rings. The lowest BCUT2D eigenvalue weighted by Gasteiger charge is -2.25. The minimum atomic E-state index is -0.245. The molecule has 28 heavy (non-hydrogen) atoms. The van der Waals surface area contributed by atoms with Gasteiger partial charge in [-0.1, -0.05) is 77.6 Å². The van der Waals surface area contributed by atoms with Crippen LogP contribution in [0.3, 0.4) is 0 Å². The van der Waals surface area contributed by atoms with E-state index in [0.717, 1.165) is 39.0 Å². The SMILES string of the molecule is CCCCCCCCC(O)C(CCCCCCCCOC)NCCNCCO. The van der Waals surface area contributed by atoms with E-state index in [-0.39, 0.29) is 18.8 Å². The van der Waals surface area contributed by atoms with E-state index in [4.69, 9.17) is 9.84 Å². The van der Waals surface area contributed by atoms with E-state index in [1.165, 1.54) is 70.6 Å². The molecule has 2 unspecified atom stereocenters. The fraction of sp³-hybridized carbons (Fsp3) is 1.00. The van der Waals surface area contributed by atoms with E-state index in [2.05, 4.69) is 17.6 Å². The third kappa shape index (κ3) is 19.1. The number of aliphatic hydroxyl groups excluding tert-OH is 2. The highest BCUT2D eigenvalue weighted by Gasteiger charge is 2.17. The first kappa shape index (κ1) is 27.8. The van der Waals surface area contributed by atoms with E-state index >= 15 is 0 Å². The van der Waals surface area contributed by atoms with Crippen LogP contribution in [0.25, 0.3) is 0 Å². The van der Waals surface area contributed by atoms with Gasteiger partial charge in [0.25, 0.3) is 0 Å². The van der Waals surface area contributed by atoms with Crippen molar-refractivity contribution >= 4 is 0 Å². The van der Waals surface area contributed by atoms with E-state index in [1.54, 1.807) is 7.11 Å². The summed E-state index contributed by atoms with van der Waals surface area (Å²) in [5.74, 6) is 0. The molecule has 0 aliphatic heterocycles. The maximum absolute atomic E-state index is 10.7. The number of aliphatic hydroxyl groups is 2. The van der Waals surface area contributed by atoms with E-state index in [0.29, 0.717) is 6.54 Å². The largest absolute Gasteiger partial charge is 0.395 e. The lowest BCUT2D eigenvalue weighted by Crippen LogP contribution is -2.43. The smallest absolute Gasteiger partial charge is 0.0693 e. The molecule has 0 fully saturated rings. The molecule has 0 amide bonds. The maximum Gasteiger partial charge on any atom is 0.0693 e. The minimum absolute atomic E-state index is 0.175. The van der Waals surface area contributed by atoms with Crippen LogP contribution in [-0.4, -0.2) is 62.3 Å². The van der Waals surface area contributed by atoms with Gasteiger partial charge in [0.15, 0.2) is 0 Å². The Labute approximate surface area is 175 Å². The Balaban J connectivity index is 3.97. The van der Waals surface area contributed by atoms with Crippen molar-refractivity contribution < 1.29 is 14.9 Å². The Bertz CT molecular complexity index is 293. The minimum Gasteiger partial charge on any atom is -0.395 e. The highest BCUT2D eigenvalue weighted by Crippen LogP contribution is 2.15. The predicted molar refractivity (Wildman–Crippen MR) is 120 cm³/mol. The molecular formula is C23H50N2O3. The molecule has 0 aromatic heterocycles. The van der Waals surface area contributed by atoms with Crippen LogP contribution in [-0.2, 0) is 4.74 Å². The molecule has 2 atom stereocenters. The number of rotatable bonds is 23. The van der Waals surface area contributed by atoms with Gasteiger partial charge in [0, 0.05) is 39.4 Å². The third-order valence-electron chi connectivity index (χ3n) is 5.43. The average Bonchev–Trinajstić information content (AvgIpc) is 2.70. The second-order valence-electron chi connectivity index (χ2n) is 8.06. The van der Waals surface area contributed by atoms with Crippen molar-refractivity contribution in [2.45, 2.75) is 109 Å². The zero-order valence-corrected chi connectivity index (χ0v) is 18.9. The fourth-order valence-electron chi connectivity index (χ4n) is 3.63. The van der Waals surface area contributed by atoms with Crippen molar-refractivity contribution in [2.24, 2.45) is 0 Å². The first-order valence-corrected chi connectivity index (χ1v) is 12.0. The highest BCUT2D eigenvalue weighted by molar-refractivity contribution is 4.76. The van der Waals surface area contributed by atoms with Gasteiger partial charge in [0.2, 0.25) is 0 Å². The standard InChI is InChI=1S/C23H50N2O3/c1-3-4-5-6-10-13-16-23(27)22(25-18-17-24-19-20-26)15-12-9-7-8-11-14-21-28-2/h22-27H,3-21H2,1-2H3. The molecule has 5 heteroatoms. The van der Waals surface area contributed by atoms with E-state index in [1.807, 2.05) is 0 Å². The normalized spacial score (nSPS) is 13.7. The first-order valence-electron chi connectivity index (χ1n) is 12.0. The van der Waals surface area contributed by atoms with Gasteiger partial charge in [-0.3, -0.25) is 0 Å². The number of unbranched alkanes of at least 4 members (excludes halogenated alkanes) is 10. The summed E-state index contributed by atoms with van der Waals surface area (Å²) in [5, 5.41) is 26.3. The lowest BCUT2D eigenvalue weighted by molar-refractivity contribution is 0.109. The Morgan fingerprint density at radius 3 is 2.00 bits per heavy atom. The molecule has 0 saturated heterocycles. The first-order chi connectivity index (χ1) is 13.8. The zero-order chi connectivity index (χ0) is 20.7. The summed E-state index contributed by atoms with van der Waals surface area (Å²) >= 11 is 0. The Hall–Kier alpha value is -0.200. The summed E-state index contributed by atoms with van der Waals surface area (Å²) in [6, 6.07) is 0.194. The molecule has 0 bridgehead atoms. The van der Waals surface area contributed by atoms with Crippen molar-refractivity contribution in [3.05, 3.63) is 0 Å². The van der Waals surface area contributed by atoms with Gasteiger partial charge in [-0.05, 0) is 19.3 Å². The van der Waals surface area contributed by atoms with E-state index < -0.39 is 0 Å².